The van der Waals surface area contributed by atoms with Gasteiger partial charge in [0.2, 0.25) is 5.38 Å². The first-order valence-corrected chi connectivity index (χ1v) is 9.72. The summed E-state index contributed by atoms with van der Waals surface area (Å²) in [6.07, 6.45) is 0. The number of hydrogen-bond donors (Lipinski definition) is 0. The van der Waals surface area contributed by atoms with Crippen LogP contribution in [0.15, 0.2) is 70.3 Å². The molecule has 21 heavy (non-hydrogen) atoms. The Morgan fingerprint density at radius 2 is 1.67 bits per heavy atom. The summed E-state index contributed by atoms with van der Waals surface area (Å²) in [5.41, 5.74) is 3.23. The van der Waals surface area contributed by atoms with Crippen LogP contribution < -0.4 is 0 Å². The number of carbonyl (C=O) groups is 1. The molecule has 0 amide bonds. The van der Waals surface area contributed by atoms with Gasteiger partial charge in [-0.15, -0.1) is 11.8 Å². The number of benzene rings is 2. The Kier molecular flexibility index (Phi) is 4.80. The van der Waals surface area contributed by atoms with Crippen LogP contribution >= 0.6 is 32.4 Å². The Bertz CT molecular complexity index is 720. The Morgan fingerprint density at radius 3 is 2.38 bits per heavy atom. The van der Waals surface area contributed by atoms with Crippen molar-refractivity contribution >= 4 is 38.2 Å². The minimum absolute atomic E-state index is 0.179. The molecule has 0 aliphatic heterocycles. The van der Waals surface area contributed by atoms with Crippen LogP contribution in [-0.2, 0) is 0 Å². The molecule has 3 aromatic rings. The third-order valence-corrected chi connectivity index (χ3v) is 6.71. The quantitative estimate of drug-likeness (QED) is 0.257. The van der Waals surface area contributed by atoms with Gasteiger partial charge in [-0.25, -0.2) is 0 Å². The first-order chi connectivity index (χ1) is 10.3. The lowest BCUT2D eigenvalue weighted by Gasteiger charge is -2.01. The van der Waals surface area contributed by atoms with Crippen molar-refractivity contribution in [3.63, 3.8) is 0 Å². The number of thioether (sulfide) groups is 1. The van der Waals surface area contributed by atoms with E-state index in [1.807, 2.05) is 48.5 Å². The average molecular weight is 329 g/mol. The van der Waals surface area contributed by atoms with Crippen molar-refractivity contribution in [2.24, 2.45) is 0 Å². The topological polar surface area (TPSA) is 17.1 Å². The van der Waals surface area contributed by atoms with Crippen molar-refractivity contribution in [1.29, 1.82) is 0 Å². The molecule has 1 nitrogen and oxygen atoms in total. The molecule has 0 spiro atoms. The van der Waals surface area contributed by atoms with Crippen LogP contribution in [0.2, 0.25) is 0 Å². The zero-order valence-electron chi connectivity index (χ0n) is 11.2. The van der Waals surface area contributed by atoms with E-state index in [4.69, 9.17) is 0 Å². The summed E-state index contributed by atoms with van der Waals surface area (Å²) in [6, 6.07) is 19.8. The van der Waals surface area contributed by atoms with E-state index < -0.39 is 0 Å². The first kappa shape index (κ1) is 14.4. The molecule has 4 heteroatoms. The molecule has 0 aliphatic carbocycles. The van der Waals surface area contributed by atoms with Crippen LogP contribution in [0, 0.1) is 0 Å². The number of ketones is 1. The zero-order valence-corrected chi connectivity index (χ0v) is 13.6. The molecular formula is C17H13OS3+. The van der Waals surface area contributed by atoms with Gasteiger partial charge in [-0.3, -0.25) is 4.79 Å². The maximum absolute atomic E-state index is 12.2. The van der Waals surface area contributed by atoms with E-state index in [0.29, 0.717) is 5.75 Å². The van der Waals surface area contributed by atoms with Crippen LogP contribution in [0.4, 0.5) is 0 Å². The van der Waals surface area contributed by atoms with Gasteiger partial charge in [-0.2, -0.15) is 0 Å². The lowest BCUT2D eigenvalue weighted by molar-refractivity contribution is 0.102. The summed E-state index contributed by atoms with van der Waals surface area (Å²) in [5.74, 6) is 0.662. The Morgan fingerprint density at radius 1 is 1.00 bits per heavy atom. The smallest absolute Gasteiger partial charge is 0.293 e. The summed E-state index contributed by atoms with van der Waals surface area (Å²) in [7, 11) is 3.45. The minimum Gasteiger partial charge on any atom is -0.293 e. The van der Waals surface area contributed by atoms with Gasteiger partial charge in [0.15, 0.2) is 16.1 Å². The largest absolute Gasteiger partial charge is 0.293 e. The van der Waals surface area contributed by atoms with Crippen molar-refractivity contribution in [3.8, 4) is 11.1 Å². The van der Waals surface area contributed by atoms with E-state index in [1.165, 1.54) is 15.3 Å². The van der Waals surface area contributed by atoms with Crippen molar-refractivity contribution < 1.29 is 4.79 Å². The zero-order chi connectivity index (χ0) is 14.5. The molecule has 3 rings (SSSR count). The van der Waals surface area contributed by atoms with Crippen molar-refractivity contribution in [1.82, 2.24) is 0 Å². The first-order valence-electron chi connectivity index (χ1n) is 6.52. The number of carbonyl (C=O) groups excluding carboxylic acids is 1. The Labute approximate surface area is 135 Å². The van der Waals surface area contributed by atoms with Gasteiger partial charge in [-0.05, 0) is 5.56 Å². The molecule has 0 unspecified atom stereocenters. The fraction of sp³-hybridized carbons (Fsp3) is 0.0588. The van der Waals surface area contributed by atoms with Gasteiger partial charge >= 0.3 is 0 Å². The fourth-order valence-electron chi connectivity index (χ4n) is 1.95. The van der Waals surface area contributed by atoms with Crippen molar-refractivity contribution in [3.05, 3.63) is 71.6 Å². The molecule has 0 bridgehead atoms. The average Bonchev–Trinajstić information content (AvgIpc) is 3.03. The second-order valence-corrected chi connectivity index (χ2v) is 7.77. The van der Waals surface area contributed by atoms with E-state index in [9.17, 15) is 4.79 Å². The van der Waals surface area contributed by atoms with Gasteiger partial charge in [0.1, 0.15) is 4.21 Å². The molecule has 0 saturated carbocycles. The Hall–Kier alpha value is -1.49. The predicted molar refractivity (Wildman–Crippen MR) is 93.5 cm³/mol. The van der Waals surface area contributed by atoms with Crippen molar-refractivity contribution in [2.45, 2.75) is 4.21 Å². The van der Waals surface area contributed by atoms with Crippen LogP contribution in [0.5, 0.6) is 0 Å². The molecular weight excluding hydrogens is 316 g/mol. The second kappa shape index (κ2) is 6.98. The van der Waals surface area contributed by atoms with E-state index in [0.717, 1.165) is 5.56 Å². The molecule has 1 heterocycles. The van der Waals surface area contributed by atoms with Gasteiger partial charge in [0.25, 0.3) is 10.3 Å². The van der Waals surface area contributed by atoms with Crippen LogP contribution in [0.3, 0.4) is 0 Å². The Balaban J connectivity index is 1.73. The summed E-state index contributed by atoms with van der Waals surface area (Å²) in [5, 5.41) is 2.16. The maximum atomic E-state index is 12.2. The van der Waals surface area contributed by atoms with Crippen LogP contribution in [0.25, 0.3) is 11.1 Å². The van der Waals surface area contributed by atoms with E-state index in [-0.39, 0.29) is 5.78 Å². The molecule has 0 aliphatic rings. The lowest BCUT2D eigenvalue weighted by atomic mass is 10.1. The maximum Gasteiger partial charge on any atom is 0.293 e. The summed E-state index contributed by atoms with van der Waals surface area (Å²) >= 11 is 1.63. The number of rotatable bonds is 5. The molecule has 0 radical (unpaired) electrons. The third-order valence-electron chi connectivity index (χ3n) is 3.02. The predicted octanol–water partition coefficient (Wildman–Crippen LogP) is 5.73. The summed E-state index contributed by atoms with van der Waals surface area (Å²) in [6.45, 7) is 0. The molecule has 0 N–H and O–H groups in total. The highest BCUT2D eigenvalue weighted by atomic mass is 32.9. The summed E-state index contributed by atoms with van der Waals surface area (Å²) < 4.78 is 1.22. The SMILES string of the molecule is O=C(CSc1s[s+]cc1-c1ccccc1)c1ccccc1. The molecule has 0 atom stereocenters. The molecule has 1 aromatic heterocycles. The van der Waals surface area contributed by atoms with E-state index in [1.54, 1.807) is 32.4 Å². The van der Waals surface area contributed by atoms with Crippen LogP contribution in [-0.4, -0.2) is 11.5 Å². The van der Waals surface area contributed by atoms with Crippen molar-refractivity contribution in [2.75, 3.05) is 5.75 Å². The number of hydrogen-bond acceptors (Lipinski definition) is 3. The molecule has 104 valence electrons. The normalized spacial score (nSPS) is 10.5. The number of Topliss-reactive ketones (excluding diaryl/α,β-unsaturated/α-hetero) is 1. The molecule has 0 fully saturated rings. The highest BCUT2D eigenvalue weighted by molar-refractivity contribution is 8.03. The minimum atomic E-state index is 0.179. The standard InChI is InChI=1S/C17H13OS3/c18-16(14-9-5-2-6-10-14)12-19-17-15(11-20-21-17)13-7-3-1-4-8-13/h1-11H,12H2/q+1. The third kappa shape index (κ3) is 3.59. The van der Waals surface area contributed by atoms with Gasteiger partial charge in [0, 0.05) is 5.56 Å². The molecule has 0 saturated heterocycles. The van der Waals surface area contributed by atoms with Gasteiger partial charge in [-0.1, -0.05) is 60.7 Å². The highest BCUT2D eigenvalue weighted by Gasteiger charge is 2.17. The summed E-state index contributed by atoms with van der Waals surface area (Å²) in [4.78, 5) is 12.2. The van der Waals surface area contributed by atoms with Gasteiger partial charge < -0.3 is 0 Å². The molecule has 2 aromatic carbocycles. The monoisotopic (exact) mass is 329 g/mol. The lowest BCUT2D eigenvalue weighted by Crippen LogP contribution is -2.01. The van der Waals surface area contributed by atoms with E-state index in [2.05, 4.69) is 17.5 Å². The fourth-order valence-corrected chi connectivity index (χ4v) is 5.74. The highest BCUT2D eigenvalue weighted by Crippen LogP contribution is 2.39. The second-order valence-electron chi connectivity index (χ2n) is 4.44. The van der Waals surface area contributed by atoms with E-state index >= 15 is 0 Å². The van der Waals surface area contributed by atoms with Crippen LogP contribution in [0.1, 0.15) is 10.4 Å². The van der Waals surface area contributed by atoms with Gasteiger partial charge in [0.05, 0.1) is 11.3 Å².